The number of likely N-dealkylation sites (N-methyl/N-ethyl adjacent to an activating group) is 1. The molecule has 94 valence electrons. The van der Waals surface area contributed by atoms with Gasteiger partial charge in [-0.15, -0.1) is 0 Å². The molecule has 0 aliphatic carbocycles. The van der Waals surface area contributed by atoms with Gasteiger partial charge in [0, 0.05) is 38.1 Å². The van der Waals surface area contributed by atoms with Crippen molar-refractivity contribution < 1.29 is 4.74 Å². The second-order valence-electron chi connectivity index (χ2n) is 4.63. The highest BCUT2D eigenvalue weighted by Gasteiger charge is 2.16. The van der Waals surface area contributed by atoms with Crippen LogP contribution < -0.4 is 5.32 Å². The summed E-state index contributed by atoms with van der Waals surface area (Å²) in [7, 11) is 2.14. The molecule has 1 atom stereocenters. The predicted octanol–water partition coefficient (Wildman–Crippen LogP) is 0.810. The molecular weight excluding hydrogens is 214 g/mol. The van der Waals surface area contributed by atoms with Crippen molar-refractivity contribution in [1.82, 2.24) is 15.2 Å². The van der Waals surface area contributed by atoms with Crippen molar-refractivity contribution in [2.75, 3.05) is 33.3 Å². The summed E-state index contributed by atoms with van der Waals surface area (Å²) < 4.78 is 5.70. The standard InChI is InChI=1S/C13H21N3O/c1-11-12(4-3-5-15-11)8-14-9-13-10-16(2)6-7-17-13/h3-5,13-14H,6-10H2,1-2H3/t13-/m0/s1. The average molecular weight is 235 g/mol. The molecule has 4 nitrogen and oxygen atoms in total. The first-order valence-electron chi connectivity index (χ1n) is 6.17. The smallest absolute Gasteiger partial charge is 0.0826 e. The maximum Gasteiger partial charge on any atom is 0.0826 e. The van der Waals surface area contributed by atoms with Gasteiger partial charge in [0.05, 0.1) is 12.7 Å². The van der Waals surface area contributed by atoms with Crippen molar-refractivity contribution in [3.05, 3.63) is 29.6 Å². The third kappa shape index (κ3) is 3.77. The Morgan fingerprint density at radius 3 is 3.24 bits per heavy atom. The molecule has 1 aromatic heterocycles. The van der Waals surface area contributed by atoms with Crippen LogP contribution in [0.4, 0.5) is 0 Å². The maximum absolute atomic E-state index is 5.70. The lowest BCUT2D eigenvalue weighted by molar-refractivity contribution is -0.0182. The molecule has 0 radical (unpaired) electrons. The van der Waals surface area contributed by atoms with E-state index in [1.165, 1.54) is 5.56 Å². The Hall–Kier alpha value is -0.970. The second kappa shape index (κ2) is 6.10. The van der Waals surface area contributed by atoms with Gasteiger partial charge in [-0.3, -0.25) is 4.98 Å². The van der Waals surface area contributed by atoms with Crippen molar-refractivity contribution in [2.45, 2.75) is 19.6 Å². The lowest BCUT2D eigenvalue weighted by atomic mass is 10.2. The van der Waals surface area contributed by atoms with Crippen LogP contribution in [0.5, 0.6) is 0 Å². The van der Waals surface area contributed by atoms with E-state index in [0.717, 1.165) is 38.5 Å². The van der Waals surface area contributed by atoms with Crippen LogP contribution >= 0.6 is 0 Å². The lowest BCUT2D eigenvalue weighted by Crippen LogP contribution is -2.44. The SMILES string of the molecule is Cc1ncccc1CNC[C@H]1CN(C)CCO1. The number of aromatic nitrogens is 1. The number of ether oxygens (including phenoxy) is 1. The van der Waals surface area contributed by atoms with Crippen LogP contribution in [-0.2, 0) is 11.3 Å². The zero-order valence-electron chi connectivity index (χ0n) is 10.6. The summed E-state index contributed by atoms with van der Waals surface area (Å²) in [6, 6.07) is 4.10. The van der Waals surface area contributed by atoms with Crippen molar-refractivity contribution in [2.24, 2.45) is 0 Å². The summed E-state index contributed by atoms with van der Waals surface area (Å²) in [6.07, 6.45) is 2.14. The van der Waals surface area contributed by atoms with Crippen molar-refractivity contribution >= 4 is 0 Å². The normalized spacial score (nSPS) is 21.6. The molecule has 1 aromatic rings. The zero-order valence-corrected chi connectivity index (χ0v) is 10.6. The minimum atomic E-state index is 0.311. The summed E-state index contributed by atoms with van der Waals surface area (Å²) >= 11 is 0. The number of aryl methyl sites for hydroxylation is 1. The Morgan fingerprint density at radius 1 is 1.59 bits per heavy atom. The van der Waals surface area contributed by atoms with Gasteiger partial charge in [-0.1, -0.05) is 6.07 Å². The van der Waals surface area contributed by atoms with E-state index in [1.54, 1.807) is 0 Å². The molecule has 1 aliphatic rings. The Balaban J connectivity index is 1.74. The number of hydrogen-bond acceptors (Lipinski definition) is 4. The highest BCUT2D eigenvalue weighted by Crippen LogP contribution is 2.04. The van der Waals surface area contributed by atoms with Gasteiger partial charge in [0.25, 0.3) is 0 Å². The molecule has 1 N–H and O–H groups in total. The number of nitrogens with one attached hydrogen (secondary N) is 1. The number of pyridine rings is 1. The van der Waals surface area contributed by atoms with E-state index in [-0.39, 0.29) is 0 Å². The number of nitrogens with zero attached hydrogens (tertiary/aromatic N) is 2. The summed E-state index contributed by atoms with van der Waals surface area (Å²) in [5.74, 6) is 0. The van der Waals surface area contributed by atoms with Crippen LogP contribution in [0.3, 0.4) is 0 Å². The van der Waals surface area contributed by atoms with Crippen LogP contribution in [0.2, 0.25) is 0 Å². The quantitative estimate of drug-likeness (QED) is 0.838. The number of morpholine rings is 1. The Morgan fingerprint density at radius 2 is 2.47 bits per heavy atom. The summed E-state index contributed by atoms with van der Waals surface area (Å²) in [5, 5.41) is 3.44. The van der Waals surface area contributed by atoms with Crippen LogP contribution in [0, 0.1) is 6.92 Å². The van der Waals surface area contributed by atoms with Gasteiger partial charge >= 0.3 is 0 Å². The van der Waals surface area contributed by atoms with Gasteiger partial charge in [0.15, 0.2) is 0 Å². The van der Waals surface area contributed by atoms with E-state index < -0.39 is 0 Å². The molecule has 0 amide bonds. The fourth-order valence-corrected chi connectivity index (χ4v) is 2.06. The van der Waals surface area contributed by atoms with E-state index >= 15 is 0 Å². The Bertz CT molecular complexity index is 356. The van der Waals surface area contributed by atoms with Crippen LogP contribution in [0.25, 0.3) is 0 Å². The van der Waals surface area contributed by atoms with E-state index in [4.69, 9.17) is 4.74 Å². The monoisotopic (exact) mass is 235 g/mol. The summed E-state index contributed by atoms with van der Waals surface area (Å²) in [6.45, 7) is 6.70. The highest BCUT2D eigenvalue weighted by atomic mass is 16.5. The van der Waals surface area contributed by atoms with Gasteiger partial charge in [-0.05, 0) is 25.6 Å². The molecule has 1 aliphatic heterocycles. The van der Waals surface area contributed by atoms with Gasteiger partial charge in [0.2, 0.25) is 0 Å². The molecule has 0 aromatic carbocycles. The molecule has 0 unspecified atom stereocenters. The zero-order chi connectivity index (χ0) is 12.1. The third-order valence-corrected chi connectivity index (χ3v) is 3.15. The van der Waals surface area contributed by atoms with Crippen LogP contribution in [0.15, 0.2) is 18.3 Å². The average Bonchev–Trinajstić information content (AvgIpc) is 2.32. The van der Waals surface area contributed by atoms with Gasteiger partial charge < -0.3 is 15.0 Å². The fourth-order valence-electron chi connectivity index (χ4n) is 2.06. The van der Waals surface area contributed by atoms with Crippen molar-refractivity contribution in [3.63, 3.8) is 0 Å². The van der Waals surface area contributed by atoms with Gasteiger partial charge in [-0.2, -0.15) is 0 Å². The molecule has 0 bridgehead atoms. The van der Waals surface area contributed by atoms with E-state index in [0.29, 0.717) is 6.10 Å². The molecule has 0 spiro atoms. The minimum Gasteiger partial charge on any atom is -0.374 e. The topological polar surface area (TPSA) is 37.4 Å². The molecule has 2 rings (SSSR count). The van der Waals surface area contributed by atoms with E-state index in [1.807, 2.05) is 19.2 Å². The van der Waals surface area contributed by atoms with Gasteiger partial charge in [0.1, 0.15) is 0 Å². The molecule has 0 saturated carbocycles. The molecule has 17 heavy (non-hydrogen) atoms. The minimum absolute atomic E-state index is 0.311. The van der Waals surface area contributed by atoms with E-state index in [2.05, 4.69) is 28.3 Å². The number of hydrogen-bond donors (Lipinski definition) is 1. The summed E-state index contributed by atoms with van der Waals surface area (Å²) in [4.78, 5) is 6.59. The molecule has 1 fully saturated rings. The van der Waals surface area contributed by atoms with Crippen molar-refractivity contribution in [3.8, 4) is 0 Å². The molecule has 4 heteroatoms. The van der Waals surface area contributed by atoms with E-state index in [9.17, 15) is 0 Å². The first-order chi connectivity index (χ1) is 8.25. The first-order valence-corrected chi connectivity index (χ1v) is 6.17. The highest BCUT2D eigenvalue weighted by molar-refractivity contribution is 5.17. The second-order valence-corrected chi connectivity index (χ2v) is 4.63. The lowest BCUT2D eigenvalue weighted by Gasteiger charge is -2.30. The Kier molecular flexibility index (Phi) is 4.48. The molecular formula is C13H21N3O. The predicted molar refractivity (Wildman–Crippen MR) is 67.9 cm³/mol. The van der Waals surface area contributed by atoms with Crippen LogP contribution in [-0.4, -0.2) is 49.3 Å². The summed E-state index contributed by atoms with van der Waals surface area (Å²) in [5.41, 5.74) is 2.36. The molecule has 1 saturated heterocycles. The Labute approximate surface area is 103 Å². The largest absolute Gasteiger partial charge is 0.374 e. The third-order valence-electron chi connectivity index (χ3n) is 3.15. The first kappa shape index (κ1) is 12.5. The molecule has 2 heterocycles. The van der Waals surface area contributed by atoms with Crippen LogP contribution in [0.1, 0.15) is 11.3 Å². The fraction of sp³-hybridized carbons (Fsp3) is 0.615. The number of rotatable bonds is 4. The van der Waals surface area contributed by atoms with Crippen molar-refractivity contribution in [1.29, 1.82) is 0 Å². The van der Waals surface area contributed by atoms with Gasteiger partial charge in [-0.25, -0.2) is 0 Å². The maximum atomic E-state index is 5.70.